The van der Waals surface area contributed by atoms with Gasteiger partial charge in [0.2, 0.25) is 0 Å². The molecule has 64 valence electrons. The fourth-order valence-corrected chi connectivity index (χ4v) is 1.39. The van der Waals surface area contributed by atoms with Gasteiger partial charge in [-0.05, 0) is 19.2 Å². The van der Waals surface area contributed by atoms with Crippen LogP contribution in [0.2, 0.25) is 0 Å². The van der Waals surface area contributed by atoms with E-state index < -0.39 is 0 Å². The lowest BCUT2D eigenvalue weighted by atomic mass is 10.2. The minimum Gasteiger partial charge on any atom is -0.380 e. The summed E-state index contributed by atoms with van der Waals surface area (Å²) in [5.74, 6) is 0. The van der Waals surface area contributed by atoms with E-state index in [0.29, 0.717) is 6.17 Å². The monoisotopic (exact) mass is 163 g/mol. The number of anilines is 2. The average Bonchev–Trinajstić information content (AvgIpc) is 2.17. The minimum atomic E-state index is 0.333. The van der Waals surface area contributed by atoms with Gasteiger partial charge >= 0.3 is 0 Å². The molecule has 12 heavy (non-hydrogen) atoms. The Morgan fingerprint density at radius 2 is 2.08 bits per heavy atom. The SMILES string of the molecule is CNC1CNc2ccccc2N1. The standard InChI is InChI=1S/C9H13N3/c1-10-9-6-11-7-4-2-3-5-8(7)12-9/h2-5,9-12H,6H2,1H3. The molecule has 0 bridgehead atoms. The molecule has 0 amide bonds. The van der Waals surface area contributed by atoms with Gasteiger partial charge in [-0.1, -0.05) is 12.1 Å². The van der Waals surface area contributed by atoms with Crippen molar-refractivity contribution >= 4 is 11.4 Å². The van der Waals surface area contributed by atoms with Gasteiger partial charge < -0.3 is 10.6 Å². The van der Waals surface area contributed by atoms with Crippen LogP contribution in [-0.4, -0.2) is 19.8 Å². The van der Waals surface area contributed by atoms with Gasteiger partial charge in [0, 0.05) is 6.54 Å². The number of likely N-dealkylation sites (N-methyl/N-ethyl adjacent to an activating group) is 1. The van der Waals surface area contributed by atoms with Gasteiger partial charge in [0.1, 0.15) is 0 Å². The number of para-hydroxylation sites is 2. The van der Waals surface area contributed by atoms with Gasteiger partial charge in [-0.3, -0.25) is 5.32 Å². The van der Waals surface area contributed by atoms with Crippen LogP contribution in [0.5, 0.6) is 0 Å². The van der Waals surface area contributed by atoms with E-state index in [2.05, 4.69) is 28.1 Å². The maximum absolute atomic E-state index is 3.37. The van der Waals surface area contributed by atoms with Gasteiger partial charge in [-0.25, -0.2) is 0 Å². The second-order valence-corrected chi connectivity index (χ2v) is 2.91. The third kappa shape index (κ3) is 1.23. The maximum Gasteiger partial charge on any atom is 0.0943 e. The molecule has 1 heterocycles. The Morgan fingerprint density at radius 3 is 2.83 bits per heavy atom. The van der Waals surface area contributed by atoms with E-state index in [1.54, 1.807) is 0 Å². The Balaban J connectivity index is 2.23. The normalized spacial score (nSPS) is 20.6. The van der Waals surface area contributed by atoms with Crippen LogP contribution >= 0.6 is 0 Å². The van der Waals surface area contributed by atoms with Crippen molar-refractivity contribution in [3.05, 3.63) is 24.3 Å². The van der Waals surface area contributed by atoms with Crippen LogP contribution in [-0.2, 0) is 0 Å². The summed E-state index contributed by atoms with van der Waals surface area (Å²) in [7, 11) is 1.95. The molecule has 1 atom stereocenters. The molecule has 3 N–H and O–H groups in total. The molecule has 3 heteroatoms. The molecular formula is C9H13N3. The average molecular weight is 163 g/mol. The van der Waals surface area contributed by atoms with E-state index in [1.807, 2.05) is 19.2 Å². The van der Waals surface area contributed by atoms with Crippen molar-refractivity contribution < 1.29 is 0 Å². The van der Waals surface area contributed by atoms with Crippen molar-refractivity contribution in [1.82, 2.24) is 5.32 Å². The molecular weight excluding hydrogens is 150 g/mol. The Labute approximate surface area is 72.2 Å². The topological polar surface area (TPSA) is 36.1 Å². The Morgan fingerprint density at radius 1 is 1.33 bits per heavy atom. The number of hydrogen-bond acceptors (Lipinski definition) is 3. The van der Waals surface area contributed by atoms with Crippen LogP contribution in [0.15, 0.2) is 24.3 Å². The largest absolute Gasteiger partial charge is 0.380 e. The van der Waals surface area contributed by atoms with Crippen molar-refractivity contribution in [2.75, 3.05) is 24.2 Å². The first-order valence-electron chi connectivity index (χ1n) is 4.17. The fourth-order valence-electron chi connectivity index (χ4n) is 1.39. The van der Waals surface area contributed by atoms with Crippen molar-refractivity contribution in [3.8, 4) is 0 Å². The maximum atomic E-state index is 3.37. The lowest BCUT2D eigenvalue weighted by molar-refractivity contribution is 0.643. The molecule has 1 aliphatic heterocycles. The molecule has 0 fully saturated rings. The number of benzene rings is 1. The predicted molar refractivity (Wildman–Crippen MR) is 51.4 cm³/mol. The summed E-state index contributed by atoms with van der Waals surface area (Å²) in [5.41, 5.74) is 2.35. The highest BCUT2D eigenvalue weighted by Crippen LogP contribution is 2.24. The summed E-state index contributed by atoms with van der Waals surface area (Å²) in [4.78, 5) is 0. The Hall–Kier alpha value is -1.22. The molecule has 2 rings (SSSR count). The zero-order valence-electron chi connectivity index (χ0n) is 7.09. The highest BCUT2D eigenvalue weighted by Gasteiger charge is 2.13. The Kier molecular flexibility index (Phi) is 1.87. The first-order chi connectivity index (χ1) is 5.90. The Bertz CT molecular complexity index is 272. The summed E-state index contributed by atoms with van der Waals surface area (Å²) in [6.07, 6.45) is 0.333. The molecule has 0 aromatic heterocycles. The lowest BCUT2D eigenvalue weighted by Gasteiger charge is -2.27. The summed E-state index contributed by atoms with van der Waals surface area (Å²) in [6, 6.07) is 8.22. The smallest absolute Gasteiger partial charge is 0.0943 e. The van der Waals surface area contributed by atoms with E-state index in [1.165, 1.54) is 11.4 Å². The molecule has 0 aliphatic carbocycles. The summed E-state index contributed by atoms with van der Waals surface area (Å²) >= 11 is 0. The zero-order chi connectivity index (χ0) is 8.39. The van der Waals surface area contributed by atoms with Crippen LogP contribution in [0.4, 0.5) is 11.4 Å². The number of fused-ring (bicyclic) bond motifs is 1. The summed E-state index contributed by atoms with van der Waals surface area (Å²) in [6.45, 7) is 0.924. The van der Waals surface area contributed by atoms with Crippen LogP contribution in [0.1, 0.15) is 0 Å². The quantitative estimate of drug-likeness (QED) is 0.579. The van der Waals surface area contributed by atoms with E-state index in [4.69, 9.17) is 0 Å². The minimum absolute atomic E-state index is 0.333. The van der Waals surface area contributed by atoms with Crippen LogP contribution in [0.3, 0.4) is 0 Å². The molecule has 1 aliphatic rings. The van der Waals surface area contributed by atoms with E-state index in [-0.39, 0.29) is 0 Å². The van der Waals surface area contributed by atoms with E-state index >= 15 is 0 Å². The summed E-state index contributed by atoms with van der Waals surface area (Å²) < 4.78 is 0. The van der Waals surface area contributed by atoms with Crippen molar-refractivity contribution in [1.29, 1.82) is 0 Å². The van der Waals surface area contributed by atoms with Gasteiger partial charge in [0.05, 0.1) is 17.5 Å². The second kappa shape index (κ2) is 3.03. The molecule has 1 aromatic rings. The highest BCUT2D eigenvalue weighted by atomic mass is 15.2. The molecule has 3 nitrogen and oxygen atoms in total. The third-order valence-corrected chi connectivity index (χ3v) is 2.10. The van der Waals surface area contributed by atoms with Crippen molar-refractivity contribution in [2.24, 2.45) is 0 Å². The lowest BCUT2D eigenvalue weighted by Crippen LogP contribution is -2.42. The zero-order valence-corrected chi connectivity index (χ0v) is 7.09. The van der Waals surface area contributed by atoms with E-state index in [9.17, 15) is 0 Å². The first kappa shape index (κ1) is 7.43. The van der Waals surface area contributed by atoms with Crippen LogP contribution < -0.4 is 16.0 Å². The fraction of sp³-hybridized carbons (Fsp3) is 0.333. The summed E-state index contributed by atoms with van der Waals surface area (Å²) in [5, 5.41) is 9.88. The molecule has 0 spiro atoms. The number of hydrogen-bond donors (Lipinski definition) is 3. The molecule has 1 aromatic carbocycles. The highest BCUT2D eigenvalue weighted by molar-refractivity contribution is 5.70. The molecule has 1 unspecified atom stereocenters. The van der Waals surface area contributed by atoms with Gasteiger partial charge in [-0.15, -0.1) is 0 Å². The first-order valence-corrected chi connectivity index (χ1v) is 4.17. The third-order valence-electron chi connectivity index (χ3n) is 2.10. The second-order valence-electron chi connectivity index (χ2n) is 2.91. The molecule has 0 saturated carbocycles. The number of rotatable bonds is 1. The predicted octanol–water partition coefficient (Wildman–Crippen LogP) is 1.07. The van der Waals surface area contributed by atoms with Crippen LogP contribution in [0.25, 0.3) is 0 Å². The molecule has 0 saturated heterocycles. The van der Waals surface area contributed by atoms with Gasteiger partial charge in [-0.2, -0.15) is 0 Å². The van der Waals surface area contributed by atoms with Crippen LogP contribution in [0, 0.1) is 0 Å². The van der Waals surface area contributed by atoms with E-state index in [0.717, 1.165) is 6.54 Å². The van der Waals surface area contributed by atoms with Gasteiger partial charge in [0.25, 0.3) is 0 Å². The van der Waals surface area contributed by atoms with Crippen molar-refractivity contribution in [3.63, 3.8) is 0 Å². The number of nitrogens with one attached hydrogen (secondary N) is 3. The van der Waals surface area contributed by atoms with Crippen molar-refractivity contribution in [2.45, 2.75) is 6.17 Å². The van der Waals surface area contributed by atoms with Gasteiger partial charge in [0.15, 0.2) is 0 Å². The molecule has 0 radical (unpaired) electrons.